The lowest BCUT2D eigenvalue weighted by Crippen LogP contribution is -2.35. The Bertz CT molecular complexity index is 256. The van der Waals surface area contributed by atoms with E-state index in [0.29, 0.717) is 23.7 Å². The molecule has 1 saturated carbocycles. The van der Waals surface area contributed by atoms with Crippen molar-refractivity contribution in [3.05, 3.63) is 0 Å². The highest BCUT2D eigenvalue weighted by Gasteiger charge is 2.35. The Hall–Kier alpha value is -0.240. The van der Waals surface area contributed by atoms with Crippen LogP contribution in [0.5, 0.6) is 0 Å². The van der Waals surface area contributed by atoms with Gasteiger partial charge in [-0.2, -0.15) is 0 Å². The Labute approximate surface area is 103 Å². The molecule has 0 N–H and O–H groups in total. The molecule has 0 bridgehead atoms. The van der Waals surface area contributed by atoms with Gasteiger partial charge in [0.2, 0.25) is 5.91 Å². The molecule has 1 saturated heterocycles. The van der Waals surface area contributed by atoms with Crippen molar-refractivity contribution in [3.63, 3.8) is 0 Å². The van der Waals surface area contributed by atoms with Crippen LogP contribution in [0.4, 0.5) is 0 Å². The maximum absolute atomic E-state index is 12.3. The second kappa shape index (κ2) is 5.39. The third-order valence-electron chi connectivity index (χ3n) is 4.29. The summed E-state index contributed by atoms with van der Waals surface area (Å²) in [6, 6.07) is 0. The van der Waals surface area contributed by atoms with E-state index in [9.17, 15) is 4.79 Å². The highest BCUT2D eigenvalue weighted by molar-refractivity contribution is 6.17. The molecule has 0 aromatic carbocycles. The Kier molecular flexibility index (Phi) is 4.12. The lowest BCUT2D eigenvalue weighted by molar-refractivity contribution is -0.135. The van der Waals surface area contributed by atoms with Crippen LogP contribution in [-0.4, -0.2) is 29.8 Å². The summed E-state index contributed by atoms with van der Waals surface area (Å²) in [5, 5.41) is 0. The van der Waals surface area contributed by atoms with Crippen LogP contribution in [0, 0.1) is 17.8 Å². The second-order valence-electron chi connectivity index (χ2n) is 5.43. The third-order valence-corrected chi connectivity index (χ3v) is 4.51. The molecule has 2 fully saturated rings. The minimum absolute atomic E-state index is 0.315. The number of halogens is 1. The molecule has 3 atom stereocenters. The van der Waals surface area contributed by atoms with Gasteiger partial charge in [-0.3, -0.25) is 4.79 Å². The molecule has 16 heavy (non-hydrogen) atoms. The first kappa shape index (κ1) is 12.2. The molecule has 1 heterocycles. The third kappa shape index (κ3) is 2.53. The molecule has 3 unspecified atom stereocenters. The van der Waals surface area contributed by atoms with Crippen LogP contribution in [0.1, 0.15) is 39.0 Å². The molecule has 0 spiro atoms. The van der Waals surface area contributed by atoms with Crippen LogP contribution >= 0.6 is 11.6 Å². The Morgan fingerprint density at radius 1 is 1.38 bits per heavy atom. The topological polar surface area (TPSA) is 20.3 Å². The highest BCUT2D eigenvalue weighted by Crippen LogP contribution is 2.34. The van der Waals surface area contributed by atoms with Gasteiger partial charge in [0.05, 0.1) is 0 Å². The number of rotatable bonds is 3. The summed E-state index contributed by atoms with van der Waals surface area (Å²) >= 11 is 5.76. The molecule has 2 rings (SSSR count). The Balaban J connectivity index is 1.86. The first-order valence-corrected chi connectivity index (χ1v) is 7.10. The van der Waals surface area contributed by atoms with Gasteiger partial charge in [-0.25, -0.2) is 0 Å². The summed E-state index contributed by atoms with van der Waals surface area (Å²) in [6.07, 6.45) is 5.79. The van der Waals surface area contributed by atoms with E-state index in [0.717, 1.165) is 38.2 Å². The van der Waals surface area contributed by atoms with Crippen LogP contribution < -0.4 is 0 Å². The van der Waals surface area contributed by atoms with E-state index in [4.69, 9.17) is 11.6 Å². The van der Waals surface area contributed by atoms with Crippen LogP contribution in [0.15, 0.2) is 0 Å². The lowest BCUT2D eigenvalue weighted by Gasteiger charge is -2.23. The predicted molar refractivity (Wildman–Crippen MR) is 66.5 cm³/mol. The zero-order chi connectivity index (χ0) is 11.5. The van der Waals surface area contributed by atoms with Gasteiger partial charge in [0, 0.05) is 24.9 Å². The molecule has 2 nitrogen and oxygen atoms in total. The van der Waals surface area contributed by atoms with Crippen LogP contribution in [0.2, 0.25) is 0 Å². The average molecular weight is 244 g/mol. The van der Waals surface area contributed by atoms with Crippen LogP contribution in [-0.2, 0) is 4.79 Å². The van der Waals surface area contributed by atoms with Crippen molar-refractivity contribution in [2.75, 3.05) is 19.0 Å². The van der Waals surface area contributed by atoms with Gasteiger partial charge in [0.25, 0.3) is 0 Å². The van der Waals surface area contributed by atoms with Crippen LogP contribution in [0.25, 0.3) is 0 Å². The van der Waals surface area contributed by atoms with Gasteiger partial charge in [-0.15, -0.1) is 11.6 Å². The maximum atomic E-state index is 12.3. The fourth-order valence-corrected chi connectivity index (χ4v) is 3.48. The summed E-state index contributed by atoms with van der Waals surface area (Å²) in [5.74, 6) is 2.71. The Morgan fingerprint density at radius 2 is 2.19 bits per heavy atom. The minimum atomic E-state index is 0.315. The van der Waals surface area contributed by atoms with Gasteiger partial charge in [0.1, 0.15) is 0 Å². The number of alkyl halides is 1. The smallest absolute Gasteiger partial charge is 0.225 e. The van der Waals surface area contributed by atoms with Gasteiger partial charge in [-0.05, 0) is 37.5 Å². The number of hydrogen-bond acceptors (Lipinski definition) is 1. The monoisotopic (exact) mass is 243 g/mol. The standard InChI is InChI=1S/C13H22ClNO/c1-10-3-2-4-12(10)13(16)15-8-6-11(9-15)5-7-14/h10-12H,2-9H2,1H3. The van der Waals surface area contributed by atoms with Crippen molar-refractivity contribution in [1.29, 1.82) is 0 Å². The molecule has 0 aromatic heterocycles. The summed E-state index contributed by atoms with van der Waals surface area (Å²) < 4.78 is 0. The van der Waals surface area contributed by atoms with E-state index in [-0.39, 0.29) is 0 Å². The zero-order valence-corrected chi connectivity index (χ0v) is 10.9. The van der Waals surface area contributed by atoms with E-state index in [1.165, 1.54) is 12.8 Å². The van der Waals surface area contributed by atoms with Crippen molar-refractivity contribution in [2.24, 2.45) is 17.8 Å². The molecule has 1 aliphatic carbocycles. The fourth-order valence-electron chi connectivity index (χ4n) is 3.17. The maximum Gasteiger partial charge on any atom is 0.225 e. The van der Waals surface area contributed by atoms with Crippen molar-refractivity contribution in [1.82, 2.24) is 4.90 Å². The molecular formula is C13H22ClNO. The molecule has 0 aromatic rings. The second-order valence-corrected chi connectivity index (χ2v) is 5.81. The van der Waals surface area contributed by atoms with Crippen molar-refractivity contribution in [3.8, 4) is 0 Å². The lowest BCUT2D eigenvalue weighted by atomic mass is 9.97. The number of carbonyl (C=O) groups is 1. The Morgan fingerprint density at radius 3 is 2.81 bits per heavy atom. The van der Waals surface area contributed by atoms with E-state index in [1.807, 2.05) is 0 Å². The number of nitrogens with zero attached hydrogens (tertiary/aromatic N) is 1. The zero-order valence-electron chi connectivity index (χ0n) is 10.1. The van der Waals surface area contributed by atoms with Gasteiger partial charge < -0.3 is 4.90 Å². The normalized spacial score (nSPS) is 34.6. The molecule has 1 aliphatic heterocycles. The molecular weight excluding hydrogens is 222 g/mol. The van der Waals surface area contributed by atoms with Gasteiger partial charge in [-0.1, -0.05) is 13.3 Å². The van der Waals surface area contributed by atoms with E-state index < -0.39 is 0 Å². The van der Waals surface area contributed by atoms with Gasteiger partial charge in [0.15, 0.2) is 0 Å². The van der Waals surface area contributed by atoms with Crippen molar-refractivity contribution in [2.45, 2.75) is 39.0 Å². The minimum Gasteiger partial charge on any atom is -0.342 e. The molecule has 92 valence electrons. The first-order chi connectivity index (χ1) is 7.72. The number of amides is 1. The first-order valence-electron chi connectivity index (χ1n) is 6.57. The average Bonchev–Trinajstić information content (AvgIpc) is 2.87. The quantitative estimate of drug-likeness (QED) is 0.698. The number of carbonyl (C=O) groups excluding carboxylic acids is 1. The summed E-state index contributed by atoms with van der Waals surface area (Å²) in [4.78, 5) is 14.4. The van der Waals surface area contributed by atoms with Gasteiger partial charge >= 0.3 is 0 Å². The highest BCUT2D eigenvalue weighted by atomic mass is 35.5. The van der Waals surface area contributed by atoms with Crippen LogP contribution in [0.3, 0.4) is 0 Å². The van der Waals surface area contributed by atoms with E-state index in [2.05, 4.69) is 11.8 Å². The summed E-state index contributed by atoms with van der Waals surface area (Å²) in [6.45, 7) is 4.14. The van der Waals surface area contributed by atoms with Crippen molar-refractivity contribution >= 4 is 17.5 Å². The van der Waals surface area contributed by atoms with E-state index in [1.54, 1.807) is 0 Å². The van der Waals surface area contributed by atoms with Crippen molar-refractivity contribution < 1.29 is 4.79 Å². The molecule has 3 heteroatoms. The molecule has 0 radical (unpaired) electrons. The number of hydrogen-bond donors (Lipinski definition) is 0. The fraction of sp³-hybridized carbons (Fsp3) is 0.923. The largest absolute Gasteiger partial charge is 0.342 e. The SMILES string of the molecule is CC1CCCC1C(=O)N1CCC(CCCl)C1. The number of likely N-dealkylation sites (tertiary alicyclic amines) is 1. The summed E-state index contributed by atoms with van der Waals surface area (Å²) in [7, 11) is 0. The summed E-state index contributed by atoms with van der Waals surface area (Å²) in [5.41, 5.74) is 0. The molecule has 1 amide bonds. The predicted octanol–water partition coefficient (Wildman–Crippen LogP) is 2.90. The van der Waals surface area contributed by atoms with E-state index >= 15 is 0 Å². The molecule has 2 aliphatic rings.